The molecule has 1 unspecified atom stereocenters. The fourth-order valence-corrected chi connectivity index (χ4v) is 2.91. The largest absolute Gasteiger partial charge is 0.445 e. The van der Waals surface area contributed by atoms with Crippen LogP contribution >= 0.6 is 0 Å². The topological polar surface area (TPSA) is 117 Å². The van der Waals surface area contributed by atoms with Crippen molar-refractivity contribution in [3.05, 3.63) is 65.7 Å². The molecule has 0 saturated heterocycles. The molecule has 3 atom stereocenters. The van der Waals surface area contributed by atoms with Gasteiger partial charge in [0.1, 0.15) is 18.6 Å². The van der Waals surface area contributed by atoms with Crippen molar-refractivity contribution in [3.63, 3.8) is 0 Å². The zero-order chi connectivity index (χ0) is 26.7. The fourth-order valence-electron chi connectivity index (χ4n) is 2.91. The highest BCUT2D eigenvalue weighted by Crippen LogP contribution is 2.30. The summed E-state index contributed by atoms with van der Waals surface area (Å²) in [5.74, 6) is 1.91. The van der Waals surface area contributed by atoms with E-state index in [1.54, 1.807) is 24.3 Å². The highest BCUT2D eigenvalue weighted by atomic mass is 19.4. The Morgan fingerprint density at radius 3 is 2.39 bits per heavy atom. The Hall–Kier alpha value is -4.04. The van der Waals surface area contributed by atoms with Gasteiger partial charge in [-0.3, -0.25) is 9.59 Å². The summed E-state index contributed by atoms with van der Waals surface area (Å²) in [5.41, 5.74) is -0.329. The van der Waals surface area contributed by atoms with Crippen LogP contribution in [0.25, 0.3) is 0 Å². The molecule has 2 aromatic carbocycles. The molecule has 0 bridgehead atoms. The molecular weight excluding hydrogens is 479 g/mol. The predicted molar refractivity (Wildman–Crippen MR) is 125 cm³/mol. The van der Waals surface area contributed by atoms with Crippen LogP contribution in [-0.4, -0.2) is 41.7 Å². The minimum absolute atomic E-state index is 0.00770. The van der Waals surface area contributed by atoms with Crippen LogP contribution in [-0.2, 0) is 27.1 Å². The standard InChI is InChI=1S/C25H26F3N3O5/c1-3-8-21(32)20(14-29-24(35)36-15-17-9-5-4-6-10-17)31-23(34)16(2)22(33)30-19-12-7-11-18(13-19)25(26,27)28/h4-7,9-13,16,20-21,32H,14-15H2,1-2H3,(H,29,35)(H,30,33)(H,31,34)/t16?,20-,21-/m0/s1. The van der Waals surface area contributed by atoms with E-state index in [0.717, 1.165) is 23.8 Å². The van der Waals surface area contributed by atoms with E-state index in [1.807, 2.05) is 6.07 Å². The number of hydrogen-bond donors (Lipinski definition) is 4. The lowest BCUT2D eigenvalue weighted by Crippen LogP contribution is -2.52. The van der Waals surface area contributed by atoms with Crippen molar-refractivity contribution in [3.8, 4) is 11.8 Å². The lowest BCUT2D eigenvalue weighted by molar-refractivity contribution is -0.138. The molecule has 0 aromatic heterocycles. The number of rotatable bonds is 9. The lowest BCUT2D eigenvalue weighted by Gasteiger charge is -2.23. The number of carbonyl (C=O) groups is 3. The molecule has 3 amide bonds. The van der Waals surface area contributed by atoms with Gasteiger partial charge in [-0.05, 0) is 37.6 Å². The van der Waals surface area contributed by atoms with Crippen molar-refractivity contribution >= 4 is 23.6 Å². The monoisotopic (exact) mass is 505 g/mol. The summed E-state index contributed by atoms with van der Waals surface area (Å²) in [4.78, 5) is 37.1. The van der Waals surface area contributed by atoms with Crippen molar-refractivity contribution in [1.82, 2.24) is 10.6 Å². The van der Waals surface area contributed by atoms with E-state index in [9.17, 15) is 32.7 Å². The van der Waals surface area contributed by atoms with E-state index in [4.69, 9.17) is 4.74 Å². The number of anilines is 1. The smallest absolute Gasteiger partial charge is 0.416 e. The molecule has 2 rings (SSSR count). The number of ether oxygens (including phenoxy) is 1. The molecule has 0 aliphatic rings. The molecule has 0 aliphatic heterocycles. The van der Waals surface area contributed by atoms with Crippen LogP contribution in [0.1, 0.15) is 25.0 Å². The number of alkyl carbamates (subject to hydrolysis) is 1. The molecule has 0 fully saturated rings. The average Bonchev–Trinajstić information content (AvgIpc) is 2.85. The van der Waals surface area contributed by atoms with Crippen LogP contribution in [0, 0.1) is 17.8 Å². The van der Waals surface area contributed by atoms with Gasteiger partial charge in [0.05, 0.1) is 11.6 Å². The Morgan fingerprint density at radius 1 is 1.06 bits per heavy atom. The van der Waals surface area contributed by atoms with Gasteiger partial charge < -0.3 is 25.8 Å². The second kappa shape index (κ2) is 13.2. The van der Waals surface area contributed by atoms with Gasteiger partial charge in [0.25, 0.3) is 0 Å². The average molecular weight is 505 g/mol. The van der Waals surface area contributed by atoms with Crippen LogP contribution in [0.15, 0.2) is 54.6 Å². The summed E-state index contributed by atoms with van der Waals surface area (Å²) in [5, 5.41) is 17.4. The van der Waals surface area contributed by atoms with Gasteiger partial charge >= 0.3 is 12.3 Å². The highest BCUT2D eigenvalue weighted by molar-refractivity contribution is 6.06. The van der Waals surface area contributed by atoms with E-state index >= 15 is 0 Å². The number of benzene rings is 2. The maximum Gasteiger partial charge on any atom is 0.416 e. The third-order valence-corrected chi connectivity index (χ3v) is 4.92. The predicted octanol–water partition coefficient (Wildman–Crippen LogP) is 3.08. The van der Waals surface area contributed by atoms with Crippen LogP contribution < -0.4 is 16.0 Å². The maximum absolute atomic E-state index is 12.9. The summed E-state index contributed by atoms with van der Waals surface area (Å²) in [6.07, 6.45) is -6.78. The van der Waals surface area contributed by atoms with E-state index in [-0.39, 0.29) is 18.8 Å². The van der Waals surface area contributed by atoms with Gasteiger partial charge in [-0.2, -0.15) is 13.2 Å². The third kappa shape index (κ3) is 8.96. The number of alkyl halides is 3. The van der Waals surface area contributed by atoms with Crippen LogP contribution in [0.3, 0.4) is 0 Å². The minimum Gasteiger partial charge on any atom is -0.445 e. The Morgan fingerprint density at radius 2 is 1.75 bits per heavy atom. The number of carbonyl (C=O) groups excluding carboxylic acids is 3. The molecule has 36 heavy (non-hydrogen) atoms. The van der Waals surface area contributed by atoms with Crippen molar-refractivity contribution in [2.45, 2.75) is 38.8 Å². The molecule has 192 valence electrons. The molecule has 0 saturated carbocycles. The zero-order valence-corrected chi connectivity index (χ0v) is 19.6. The summed E-state index contributed by atoms with van der Waals surface area (Å²) in [6, 6.07) is 11.8. The van der Waals surface area contributed by atoms with E-state index < -0.39 is 47.7 Å². The Balaban J connectivity index is 1.96. The molecule has 4 N–H and O–H groups in total. The Labute approximate surface area is 206 Å². The van der Waals surface area contributed by atoms with Gasteiger partial charge in [0.2, 0.25) is 11.8 Å². The molecule has 11 heteroatoms. The number of nitrogens with one attached hydrogen (secondary N) is 3. The minimum atomic E-state index is -4.59. The normalized spacial score (nSPS) is 13.3. The van der Waals surface area contributed by atoms with E-state index in [2.05, 4.69) is 27.8 Å². The lowest BCUT2D eigenvalue weighted by atomic mass is 10.1. The molecule has 0 heterocycles. The number of amides is 3. The first kappa shape index (κ1) is 28.2. The van der Waals surface area contributed by atoms with Gasteiger partial charge in [-0.25, -0.2) is 4.79 Å². The van der Waals surface area contributed by atoms with Gasteiger partial charge in [0, 0.05) is 12.2 Å². The van der Waals surface area contributed by atoms with Crippen LogP contribution in [0.4, 0.5) is 23.7 Å². The van der Waals surface area contributed by atoms with E-state index in [0.29, 0.717) is 0 Å². The second-order valence-electron chi connectivity index (χ2n) is 7.69. The molecule has 2 aromatic rings. The maximum atomic E-state index is 12.9. The second-order valence-corrected chi connectivity index (χ2v) is 7.69. The number of halogens is 3. The van der Waals surface area contributed by atoms with Gasteiger partial charge in [-0.1, -0.05) is 42.3 Å². The number of hydrogen-bond acceptors (Lipinski definition) is 5. The van der Waals surface area contributed by atoms with Crippen molar-refractivity contribution in [2.24, 2.45) is 5.92 Å². The zero-order valence-electron chi connectivity index (χ0n) is 19.6. The summed E-state index contributed by atoms with van der Waals surface area (Å²) in [7, 11) is 0. The summed E-state index contributed by atoms with van der Waals surface area (Å²) >= 11 is 0. The fraction of sp³-hybridized carbons (Fsp3) is 0.320. The first-order valence-corrected chi connectivity index (χ1v) is 10.8. The quantitative estimate of drug-likeness (QED) is 0.309. The van der Waals surface area contributed by atoms with Crippen LogP contribution in [0.2, 0.25) is 0 Å². The van der Waals surface area contributed by atoms with Gasteiger partial charge in [-0.15, -0.1) is 5.92 Å². The number of aliphatic hydroxyl groups is 1. The Bertz CT molecular complexity index is 1110. The van der Waals surface area contributed by atoms with Gasteiger partial charge in [0.15, 0.2) is 0 Å². The summed E-state index contributed by atoms with van der Waals surface area (Å²) in [6.45, 7) is 2.45. The number of aliphatic hydroxyl groups excluding tert-OH is 1. The molecular formula is C25H26F3N3O5. The van der Waals surface area contributed by atoms with Crippen molar-refractivity contribution in [2.75, 3.05) is 11.9 Å². The third-order valence-electron chi connectivity index (χ3n) is 4.92. The first-order valence-electron chi connectivity index (χ1n) is 10.8. The molecule has 0 radical (unpaired) electrons. The van der Waals surface area contributed by atoms with E-state index in [1.165, 1.54) is 19.9 Å². The molecule has 0 spiro atoms. The SMILES string of the molecule is CC#C[C@H](O)[C@H](CNC(=O)OCc1ccccc1)NC(=O)C(C)C(=O)Nc1cccc(C(F)(F)F)c1. The molecule has 0 aliphatic carbocycles. The van der Waals surface area contributed by atoms with Crippen LogP contribution in [0.5, 0.6) is 0 Å². The van der Waals surface area contributed by atoms with Crippen molar-refractivity contribution < 1.29 is 37.4 Å². The summed E-state index contributed by atoms with van der Waals surface area (Å²) < 4.78 is 43.7. The highest BCUT2D eigenvalue weighted by Gasteiger charge is 2.31. The molecule has 8 nitrogen and oxygen atoms in total. The first-order chi connectivity index (χ1) is 17.0. The van der Waals surface area contributed by atoms with Crippen molar-refractivity contribution in [1.29, 1.82) is 0 Å². The Kier molecular flexibility index (Phi) is 10.3.